The zero-order valence-electron chi connectivity index (χ0n) is 11.4. The van der Waals surface area contributed by atoms with E-state index in [-0.39, 0.29) is 18.5 Å². The Morgan fingerprint density at radius 1 is 1.32 bits per heavy atom. The summed E-state index contributed by atoms with van der Waals surface area (Å²) in [6.07, 6.45) is 1.49. The Hall–Kier alpha value is -2.23. The van der Waals surface area contributed by atoms with Crippen molar-refractivity contribution in [3.05, 3.63) is 40.0 Å². The van der Waals surface area contributed by atoms with Gasteiger partial charge in [-0.3, -0.25) is 9.59 Å². The molecule has 0 bridgehead atoms. The number of benzene rings is 1. The van der Waals surface area contributed by atoms with Crippen molar-refractivity contribution >= 4 is 40.8 Å². The molecule has 22 heavy (non-hydrogen) atoms. The van der Waals surface area contributed by atoms with E-state index in [1.165, 1.54) is 6.20 Å². The van der Waals surface area contributed by atoms with Gasteiger partial charge in [0.2, 0.25) is 0 Å². The van der Waals surface area contributed by atoms with Crippen molar-refractivity contribution in [2.45, 2.75) is 12.8 Å². The number of carbonyl (C=O) groups excluding carboxylic acids is 1. The fourth-order valence-electron chi connectivity index (χ4n) is 1.43. The number of nitriles is 1. The Morgan fingerprint density at radius 2 is 2.05 bits per heavy atom. The molecular weight excluding hydrogens is 329 g/mol. The molecular formula is C14H13Cl2N3O3. The van der Waals surface area contributed by atoms with Gasteiger partial charge < -0.3 is 15.7 Å². The van der Waals surface area contributed by atoms with Gasteiger partial charge in [0.25, 0.3) is 5.91 Å². The highest BCUT2D eigenvalue weighted by molar-refractivity contribution is 6.42. The topological polar surface area (TPSA) is 102 Å². The van der Waals surface area contributed by atoms with Gasteiger partial charge in [0, 0.05) is 24.9 Å². The normalized spacial score (nSPS) is 10.7. The molecule has 0 heterocycles. The van der Waals surface area contributed by atoms with Crippen LogP contribution in [0.15, 0.2) is 30.0 Å². The summed E-state index contributed by atoms with van der Waals surface area (Å²) in [6.45, 7) is 0.178. The molecule has 0 fully saturated rings. The minimum absolute atomic E-state index is 0.0482. The number of carboxylic acid groups (broad SMARTS) is 1. The molecule has 0 aliphatic heterocycles. The SMILES string of the molecule is N#C/C(=C/Nc1ccc(Cl)c(Cl)c1)C(=O)NCCCC(=O)O. The number of amides is 1. The average molecular weight is 342 g/mol. The number of halogens is 2. The van der Waals surface area contributed by atoms with Crippen molar-refractivity contribution in [1.29, 1.82) is 5.26 Å². The van der Waals surface area contributed by atoms with Crippen LogP contribution in [0.25, 0.3) is 0 Å². The highest BCUT2D eigenvalue weighted by atomic mass is 35.5. The Morgan fingerprint density at radius 3 is 2.64 bits per heavy atom. The molecule has 6 nitrogen and oxygen atoms in total. The van der Waals surface area contributed by atoms with E-state index in [0.29, 0.717) is 22.2 Å². The second kappa shape index (κ2) is 8.93. The molecule has 1 rings (SSSR count). The van der Waals surface area contributed by atoms with E-state index in [1.807, 2.05) is 0 Å². The first-order valence-electron chi connectivity index (χ1n) is 6.26. The molecule has 0 aliphatic rings. The first-order valence-corrected chi connectivity index (χ1v) is 7.01. The van der Waals surface area contributed by atoms with Crippen LogP contribution in [0.5, 0.6) is 0 Å². The van der Waals surface area contributed by atoms with Gasteiger partial charge in [-0.1, -0.05) is 23.2 Å². The van der Waals surface area contributed by atoms with Gasteiger partial charge in [0.05, 0.1) is 10.0 Å². The Kier molecular flexibility index (Phi) is 7.23. The van der Waals surface area contributed by atoms with Gasteiger partial charge in [0.1, 0.15) is 11.6 Å². The number of nitrogens with zero attached hydrogens (tertiary/aromatic N) is 1. The van der Waals surface area contributed by atoms with Crippen molar-refractivity contribution in [2.75, 3.05) is 11.9 Å². The van der Waals surface area contributed by atoms with Crippen LogP contribution in [0.1, 0.15) is 12.8 Å². The number of hydrogen-bond acceptors (Lipinski definition) is 4. The van der Waals surface area contributed by atoms with Gasteiger partial charge in [-0.2, -0.15) is 5.26 Å². The quantitative estimate of drug-likeness (QED) is 0.402. The lowest BCUT2D eigenvalue weighted by Crippen LogP contribution is -2.26. The minimum atomic E-state index is -0.938. The Labute approximate surface area is 137 Å². The Balaban J connectivity index is 2.58. The molecule has 3 N–H and O–H groups in total. The third-order valence-electron chi connectivity index (χ3n) is 2.52. The molecule has 0 saturated carbocycles. The molecule has 0 aromatic heterocycles. The number of carbonyl (C=O) groups is 2. The zero-order valence-corrected chi connectivity index (χ0v) is 12.9. The zero-order chi connectivity index (χ0) is 16.5. The number of aliphatic carboxylic acids is 1. The molecule has 1 amide bonds. The van der Waals surface area contributed by atoms with E-state index in [9.17, 15) is 9.59 Å². The highest BCUT2D eigenvalue weighted by Gasteiger charge is 2.08. The maximum atomic E-state index is 11.7. The monoisotopic (exact) mass is 341 g/mol. The number of rotatable bonds is 7. The van der Waals surface area contributed by atoms with E-state index in [2.05, 4.69) is 10.6 Å². The van der Waals surface area contributed by atoms with Gasteiger partial charge in [-0.25, -0.2) is 0 Å². The molecule has 8 heteroatoms. The van der Waals surface area contributed by atoms with Gasteiger partial charge in [-0.15, -0.1) is 0 Å². The summed E-state index contributed by atoms with van der Waals surface area (Å²) in [4.78, 5) is 22.1. The van der Waals surface area contributed by atoms with Gasteiger partial charge >= 0.3 is 5.97 Å². The van der Waals surface area contributed by atoms with Crippen LogP contribution >= 0.6 is 23.2 Å². The Bertz CT molecular complexity index is 639. The first-order chi connectivity index (χ1) is 10.4. The molecule has 0 saturated heterocycles. The van der Waals surface area contributed by atoms with Crippen LogP contribution < -0.4 is 10.6 Å². The smallest absolute Gasteiger partial charge is 0.303 e. The highest BCUT2D eigenvalue weighted by Crippen LogP contribution is 2.25. The summed E-state index contributed by atoms with van der Waals surface area (Å²) >= 11 is 11.6. The summed E-state index contributed by atoms with van der Waals surface area (Å²) < 4.78 is 0. The third kappa shape index (κ3) is 6.04. The standard InChI is InChI=1S/C14H13Cl2N3O3/c15-11-4-3-10(6-12(11)16)19-8-9(7-17)14(22)18-5-1-2-13(20)21/h3-4,6,8,19H,1-2,5H2,(H,18,22)(H,20,21)/b9-8-. The molecule has 0 unspecified atom stereocenters. The third-order valence-corrected chi connectivity index (χ3v) is 3.26. The lowest BCUT2D eigenvalue weighted by atomic mass is 10.2. The number of nitrogens with one attached hydrogen (secondary N) is 2. The first kappa shape index (κ1) is 17.8. The fraction of sp³-hybridized carbons (Fsp3) is 0.214. The van der Waals surface area contributed by atoms with Crippen molar-refractivity contribution < 1.29 is 14.7 Å². The number of hydrogen-bond donors (Lipinski definition) is 3. The van der Waals surface area contributed by atoms with Crippen LogP contribution in [0.2, 0.25) is 10.0 Å². The molecule has 1 aromatic carbocycles. The van der Waals surface area contributed by atoms with Gasteiger partial charge in [0.15, 0.2) is 0 Å². The molecule has 0 aliphatic carbocycles. The van der Waals surface area contributed by atoms with E-state index >= 15 is 0 Å². The predicted molar refractivity (Wildman–Crippen MR) is 83.7 cm³/mol. The van der Waals surface area contributed by atoms with E-state index in [4.69, 9.17) is 33.6 Å². The lowest BCUT2D eigenvalue weighted by Gasteiger charge is -2.05. The summed E-state index contributed by atoms with van der Waals surface area (Å²) in [5.74, 6) is -1.52. The van der Waals surface area contributed by atoms with Crippen LogP contribution in [-0.4, -0.2) is 23.5 Å². The summed E-state index contributed by atoms with van der Waals surface area (Å²) in [5, 5.41) is 23.4. The van der Waals surface area contributed by atoms with Crippen LogP contribution in [-0.2, 0) is 9.59 Å². The molecule has 0 radical (unpaired) electrons. The molecule has 0 atom stereocenters. The van der Waals surface area contributed by atoms with E-state index < -0.39 is 11.9 Å². The van der Waals surface area contributed by atoms with Crippen LogP contribution in [0.4, 0.5) is 5.69 Å². The largest absolute Gasteiger partial charge is 0.481 e. The van der Waals surface area contributed by atoms with Crippen molar-refractivity contribution in [3.8, 4) is 6.07 Å². The van der Waals surface area contributed by atoms with Crippen LogP contribution in [0.3, 0.4) is 0 Å². The van der Waals surface area contributed by atoms with Crippen LogP contribution in [0, 0.1) is 11.3 Å². The summed E-state index contributed by atoms with van der Waals surface area (Å²) in [7, 11) is 0. The van der Waals surface area contributed by atoms with E-state index in [1.54, 1.807) is 24.3 Å². The van der Waals surface area contributed by atoms with E-state index in [0.717, 1.165) is 0 Å². The number of carboxylic acids is 1. The maximum absolute atomic E-state index is 11.7. The lowest BCUT2D eigenvalue weighted by molar-refractivity contribution is -0.137. The predicted octanol–water partition coefficient (Wildman–Crippen LogP) is 2.79. The fourth-order valence-corrected chi connectivity index (χ4v) is 1.72. The second-order valence-corrected chi connectivity index (χ2v) is 5.01. The molecule has 0 spiro atoms. The van der Waals surface area contributed by atoms with Crippen molar-refractivity contribution in [3.63, 3.8) is 0 Å². The average Bonchev–Trinajstić information content (AvgIpc) is 2.47. The maximum Gasteiger partial charge on any atom is 0.303 e. The summed E-state index contributed by atoms with van der Waals surface area (Å²) in [6, 6.07) is 6.54. The van der Waals surface area contributed by atoms with Crippen molar-refractivity contribution in [1.82, 2.24) is 5.32 Å². The second-order valence-electron chi connectivity index (χ2n) is 4.20. The molecule has 116 valence electrons. The van der Waals surface area contributed by atoms with Gasteiger partial charge in [-0.05, 0) is 24.6 Å². The molecule has 1 aromatic rings. The number of anilines is 1. The summed E-state index contributed by atoms with van der Waals surface area (Å²) in [5.41, 5.74) is 0.433. The minimum Gasteiger partial charge on any atom is -0.481 e. The van der Waals surface area contributed by atoms with Crippen molar-refractivity contribution in [2.24, 2.45) is 0 Å².